The number of benzene rings is 1. The first kappa shape index (κ1) is 25.8. The third-order valence-electron chi connectivity index (χ3n) is 7.38. The van der Waals surface area contributed by atoms with Crippen LogP contribution in [0.3, 0.4) is 0 Å². The molecule has 3 amide bonds. The van der Waals surface area contributed by atoms with E-state index in [9.17, 15) is 19.5 Å². The van der Waals surface area contributed by atoms with Gasteiger partial charge in [-0.15, -0.1) is 0 Å². The normalized spacial score (nSPS) is 18.7. The molecule has 1 aromatic carbocycles. The lowest BCUT2D eigenvalue weighted by Crippen LogP contribution is -2.40. The number of allylic oxidation sites excluding steroid dienone is 2. The molecule has 1 saturated heterocycles. The van der Waals surface area contributed by atoms with Crippen molar-refractivity contribution in [3.8, 4) is 0 Å². The molecule has 4 heterocycles. The molecule has 38 heavy (non-hydrogen) atoms. The molecule has 202 valence electrons. The molecule has 1 atom stereocenters. The third kappa shape index (κ3) is 5.24. The van der Waals surface area contributed by atoms with E-state index < -0.39 is 12.3 Å². The Bertz CT molecular complexity index is 1280. The van der Waals surface area contributed by atoms with Crippen LogP contribution in [0.5, 0.6) is 0 Å². The van der Waals surface area contributed by atoms with Crippen LogP contribution in [0.1, 0.15) is 30.7 Å². The number of methoxy groups -OCH3 is 1. The van der Waals surface area contributed by atoms with E-state index in [1.165, 1.54) is 7.11 Å². The Morgan fingerprint density at radius 2 is 1.95 bits per heavy atom. The highest BCUT2D eigenvalue weighted by molar-refractivity contribution is 5.95. The minimum Gasteiger partial charge on any atom is -0.452 e. The van der Waals surface area contributed by atoms with E-state index in [4.69, 9.17) is 9.72 Å². The van der Waals surface area contributed by atoms with Crippen LogP contribution >= 0.6 is 0 Å². The molecule has 1 unspecified atom stereocenters. The van der Waals surface area contributed by atoms with Crippen molar-refractivity contribution < 1.29 is 24.2 Å². The number of amides is 3. The van der Waals surface area contributed by atoms with Crippen LogP contribution in [0.2, 0.25) is 0 Å². The molecule has 2 aromatic rings. The van der Waals surface area contributed by atoms with Crippen LogP contribution in [0.25, 0.3) is 11.0 Å². The van der Waals surface area contributed by atoms with Gasteiger partial charge >= 0.3 is 6.09 Å². The molecule has 0 aliphatic carbocycles. The molecular formula is C27H34N6O5. The second kappa shape index (κ2) is 11.3. The summed E-state index contributed by atoms with van der Waals surface area (Å²) in [5.41, 5.74) is 3.26. The lowest BCUT2D eigenvalue weighted by Gasteiger charge is -2.28. The molecule has 0 spiro atoms. The summed E-state index contributed by atoms with van der Waals surface area (Å²) < 4.78 is 6.85. The van der Waals surface area contributed by atoms with E-state index in [0.717, 1.165) is 61.1 Å². The number of hydrogen-bond donors (Lipinski definition) is 2. The predicted molar refractivity (Wildman–Crippen MR) is 141 cm³/mol. The van der Waals surface area contributed by atoms with E-state index >= 15 is 0 Å². The number of aliphatic hydroxyl groups excluding tert-OH is 1. The van der Waals surface area contributed by atoms with Gasteiger partial charge in [0.25, 0.3) is 0 Å². The monoisotopic (exact) mass is 522 g/mol. The fourth-order valence-corrected chi connectivity index (χ4v) is 5.40. The Morgan fingerprint density at radius 3 is 2.71 bits per heavy atom. The summed E-state index contributed by atoms with van der Waals surface area (Å²) >= 11 is 0. The van der Waals surface area contributed by atoms with E-state index in [0.29, 0.717) is 25.3 Å². The van der Waals surface area contributed by atoms with Gasteiger partial charge in [-0.05, 0) is 50.0 Å². The smallest absolute Gasteiger partial charge is 0.414 e. The minimum atomic E-state index is -0.723. The Hall–Kier alpha value is -3.86. The number of fused-ring (bicyclic) bond motifs is 3. The fourth-order valence-electron chi connectivity index (χ4n) is 5.40. The lowest BCUT2D eigenvalue weighted by molar-refractivity contribution is -0.132. The van der Waals surface area contributed by atoms with E-state index in [1.54, 1.807) is 26.9 Å². The standard InChI is InChI=1S/C27H34N6O5/c1-38-27(37)32-15-6-7-19-20(32)9-10-21-26(19)29-22(11-16-31-12-3-2-8-24(31)35)33(21)18-23(34)28-17-25(36)30-13-4-5-14-30/h2-3,8-10,12,24,35H,4-7,11,13-18H2,1H3,(H,28,34). The lowest BCUT2D eigenvalue weighted by atomic mass is 10.0. The molecular weight excluding hydrogens is 488 g/mol. The fraction of sp³-hybridized carbons (Fsp3) is 0.481. The van der Waals surface area contributed by atoms with Gasteiger partial charge in [-0.3, -0.25) is 14.5 Å². The molecule has 3 aliphatic rings. The van der Waals surface area contributed by atoms with Crippen LogP contribution in [0.4, 0.5) is 10.5 Å². The first-order valence-corrected chi connectivity index (χ1v) is 13.2. The Labute approximate surface area is 221 Å². The minimum absolute atomic E-state index is 0.0108. The summed E-state index contributed by atoms with van der Waals surface area (Å²) in [4.78, 5) is 47.9. The van der Waals surface area contributed by atoms with Gasteiger partial charge < -0.3 is 29.5 Å². The number of hydrogen-bond acceptors (Lipinski definition) is 7. The van der Waals surface area contributed by atoms with Crippen molar-refractivity contribution in [2.24, 2.45) is 0 Å². The highest BCUT2D eigenvalue weighted by atomic mass is 16.5. The van der Waals surface area contributed by atoms with E-state index in [2.05, 4.69) is 5.32 Å². The average Bonchev–Trinajstić information content (AvgIpc) is 3.59. The van der Waals surface area contributed by atoms with Crippen molar-refractivity contribution in [2.75, 3.05) is 44.7 Å². The summed E-state index contributed by atoms with van der Waals surface area (Å²) in [6.45, 7) is 2.53. The van der Waals surface area contributed by atoms with Gasteiger partial charge in [0.05, 0.1) is 30.4 Å². The number of carbonyl (C=O) groups is 3. The Morgan fingerprint density at radius 1 is 1.13 bits per heavy atom. The highest BCUT2D eigenvalue weighted by Crippen LogP contribution is 2.34. The maximum atomic E-state index is 13.0. The largest absolute Gasteiger partial charge is 0.452 e. The molecule has 11 nitrogen and oxygen atoms in total. The van der Waals surface area contributed by atoms with Gasteiger partial charge in [-0.25, -0.2) is 9.78 Å². The van der Waals surface area contributed by atoms with Gasteiger partial charge in [0.1, 0.15) is 18.6 Å². The summed E-state index contributed by atoms with van der Waals surface area (Å²) in [5, 5.41) is 13.1. The average molecular weight is 523 g/mol. The first-order valence-electron chi connectivity index (χ1n) is 13.2. The quantitative estimate of drug-likeness (QED) is 0.566. The second-order valence-corrected chi connectivity index (χ2v) is 9.76. The van der Waals surface area contributed by atoms with Crippen LogP contribution in [-0.4, -0.2) is 88.4 Å². The molecule has 0 radical (unpaired) electrons. The number of rotatable bonds is 7. The molecule has 0 bridgehead atoms. The zero-order chi connectivity index (χ0) is 26.6. The Balaban J connectivity index is 1.41. The summed E-state index contributed by atoms with van der Waals surface area (Å²) in [7, 11) is 1.37. The number of anilines is 1. The number of imidazole rings is 1. The van der Waals surface area contributed by atoms with Crippen LogP contribution in [0, 0.1) is 0 Å². The van der Waals surface area contributed by atoms with Gasteiger partial charge in [-0.1, -0.05) is 6.08 Å². The van der Waals surface area contributed by atoms with Crippen molar-refractivity contribution in [2.45, 2.75) is 44.9 Å². The molecule has 5 rings (SSSR count). The number of aryl methyl sites for hydroxylation is 1. The number of likely N-dealkylation sites (tertiary alicyclic amines) is 1. The predicted octanol–water partition coefficient (Wildman–Crippen LogP) is 1.54. The second-order valence-electron chi connectivity index (χ2n) is 9.76. The van der Waals surface area contributed by atoms with Gasteiger partial charge in [-0.2, -0.15) is 0 Å². The highest BCUT2D eigenvalue weighted by Gasteiger charge is 2.27. The zero-order valence-electron chi connectivity index (χ0n) is 21.6. The summed E-state index contributed by atoms with van der Waals surface area (Å²) in [6.07, 6.45) is 10.1. The summed E-state index contributed by atoms with van der Waals surface area (Å²) in [5.74, 6) is 0.357. The van der Waals surface area contributed by atoms with Crippen molar-refractivity contribution in [3.05, 3.63) is 47.9 Å². The molecule has 3 aliphatic heterocycles. The van der Waals surface area contributed by atoms with E-state index in [1.807, 2.05) is 29.0 Å². The number of aromatic nitrogens is 2. The number of ether oxygens (including phenoxy) is 1. The van der Waals surface area contributed by atoms with Crippen LogP contribution in [-0.2, 0) is 33.7 Å². The molecule has 0 saturated carbocycles. The number of nitrogens with zero attached hydrogens (tertiary/aromatic N) is 5. The zero-order valence-corrected chi connectivity index (χ0v) is 21.6. The molecule has 1 aromatic heterocycles. The summed E-state index contributed by atoms with van der Waals surface area (Å²) in [6, 6.07) is 3.76. The Kier molecular flexibility index (Phi) is 7.64. The van der Waals surface area contributed by atoms with Crippen LogP contribution in [0.15, 0.2) is 36.6 Å². The van der Waals surface area contributed by atoms with Gasteiger partial charge in [0, 0.05) is 44.4 Å². The molecule has 2 N–H and O–H groups in total. The number of aliphatic hydroxyl groups is 1. The van der Waals surface area contributed by atoms with Crippen molar-refractivity contribution in [1.29, 1.82) is 0 Å². The maximum absolute atomic E-state index is 13.0. The molecule has 11 heteroatoms. The van der Waals surface area contributed by atoms with Gasteiger partial charge in [0.2, 0.25) is 11.8 Å². The van der Waals surface area contributed by atoms with Crippen molar-refractivity contribution in [1.82, 2.24) is 24.7 Å². The SMILES string of the molecule is COC(=O)N1CCCc2c1ccc1c2nc(CCN2C=CC=CC2O)n1CC(=O)NCC(=O)N1CCCC1. The first-order chi connectivity index (χ1) is 18.5. The third-order valence-corrected chi connectivity index (χ3v) is 7.38. The van der Waals surface area contributed by atoms with Gasteiger partial charge in [0.15, 0.2) is 0 Å². The topological polar surface area (TPSA) is 120 Å². The number of carbonyl (C=O) groups excluding carboxylic acids is 3. The van der Waals surface area contributed by atoms with Crippen LogP contribution < -0.4 is 10.2 Å². The van der Waals surface area contributed by atoms with E-state index in [-0.39, 0.29) is 24.9 Å². The number of nitrogens with one attached hydrogen (secondary N) is 1. The van der Waals surface area contributed by atoms with Crippen molar-refractivity contribution in [3.63, 3.8) is 0 Å². The maximum Gasteiger partial charge on any atom is 0.414 e. The molecule has 1 fully saturated rings. The van der Waals surface area contributed by atoms with Crippen molar-refractivity contribution >= 4 is 34.6 Å².